The summed E-state index contributed by atoms with van der Waals surface area (Å²) in [5.74, 6) is 0.856. The van der Waals surface area contributed by atoms with Crippen molar-refractivity contribution in [3.63, 3.8) is 0 Å². The topological polar surface area (TPSA) is 73.6 Å². The van der Waals surface area contributed by atoms with Crippen LogP contribution in [0.4, 0.5) is 0 Å². The molecule has 1 aromatic carbocycles. The summed E-state index contributed by atoms with van der Waals surface area (Å²) >= 11 is 0. The Morgan fingerprint density at radius 2 is 2.37 bits per heavy atom. The minimum atomic E-state index is -0.225. The van der Waals surface area contributed by atoms with Gasteiger partial charge < -0.3 is 20.5 Å². The third-order valence-electron chi connectivity index (χ3n) is 3.25. The van der Waals surface area contributed by atoms with Gasteiger partial charge in [-0.15, -0.1) is 0 Å². The highest BCUT2D eigenvalue weighted by molar-refractivity contribution is 5.76. The molecule has 0 radical (unpaired) electrons. The lowest BCUT2D eigenvalue weighted by atomic mass is 10.0. The summed E-state index contributed by atoms with van der Waals surface area (Å²) in [4.78, 5) is 11.8. The summed E-state index contributed by atoms with van der Waals surface area (Å²) in [6.45, 7) is 0.844. The van der Waals surface area contributed by atoms with Crippen molar-refractivity contribution >= 4 is 5.91 Å². The van der Waals surface area contributed by atoms with E-state index >= 15 is 0 Å². The molecule has 0 bridgehead atoms. The summed E-state index contributed by atoms with van der Waals surface area (Å²) in [6.07, 6.45) is 0.852. The number of hydrogen-bond acceptors (Lipinski definition) is 4. The van der Waals surface area contributed by atoms with Crippen molar-refractivity contribution in [1.29, 1.82) is 0 Å². The van der Waals surface area contributed by atoms with Crippen molar-refractivity contribution in [3.8, 4) is 5.75 Å². The molecular formula is C14H20N2O3. The van der Waals surface area contributed by atoms with Gasteiger partial charge in [0.2, 0.25) is 5.91 Å². The average molecular weight is 264 g/mol. The number of benzene rings is 1. The Morgan fingerprint density at radius 1 is 1.58 bits per heavy atom. The smallest absolute Gasteiger partial charge is 0.223 e. The van der Waals surface area contributed by atoms with Gasteiger partial charge in [-0.1, -0.05) is 18.2 Å². The van der Waals surface area contributed by atoms with Crippen molar-refractivity contribution < 1.29 is 14.3 Å². The van der Waals surface area contributed by atoms with E-state index in [9.17, 15) is 4.79 Å². The first-order chi connectivity index (χ1) is 9.22. The lowest BCUT2D eigenvalue weighted by Gasteiger charge is -2.26. The van der Waals surface area contributed by atoms with Crippen LogP contribution >= 0.6 is 0 Å². The quantitative estimate of drug-likeness (QED) is 0.811. The molecular weight excluding hydrogens is 244 g/mol. The number of amides is 1. The third kappa shape index (κ3) is 3.68. The van der Waals surface area contributed by atoms with Crippen molar-refractivity contribution in [3.05, 3.63) is 29.8 Å². The van der Waals surface area contributed by atoms with Gasteiger partial charge in [-0.2, -0.15) is 0 Å². The van der Waals surface area contributed by atoms with Gasteiger partial charge in [-0.25, -0.2) is 0 Å². The zero-order valence-electron chi connectivity index (χ0n) is 11.1. The highest BCUT2D eigenvalue weighted by Gasteiger charge is 2.22. The van der Waals surface area contributed by atoms with Gasteiger partial charge >= 0.3 is 0 Å². The molecule has 104 valence electrons. The van der Waals surface area contributed by atoms with E-state index in [0.717, 1.165) is 17.7 Å². The van der Waals surface area contributed by atoms with Crippen molar-refractivity contribution in [2.24, 2.45) is 5.73 Å². The molecule has 0 aliphatic carbocycles. The molecule has 5 nitrogen and oxygen atoms in total. The molecule has 19 heavy (non-hydrogen) atoms. The van der Waals surface area contributed by atoms with E-state index in [4.69, 9.17) is 15.2 Å². The monoisotopic (exact) mass is 264 g/mol. The molecule has 1 amide bonds. The lowest BCUT2D eigenvalue weighted by Crippen LogP contribution is -2.44. The third-order valence-corrected chi connectivity index (χ3v) is 3.25. The van der Waals surface area contributed by atoms with E-state index in [1.807, 2.05) is 24.3 Å². The first-order valence-electron chi connectivity index (χ1n) is 6.46. The summed E-state index contributed by atoms with van der Waals surface area (Å²) in [5.41, 5.74) is 6.62. The van der Waals surface area contributed by atoms with E-state index < -0.39 is 0 Å². The molecule has 0 aromatic heterocycles. The number of nitrogens with two attached hydrogens (primary N) is 1. The summed E-state index contributed by atoms with van der Waals surface area (Å²) in [7, 11) is 1.56. The van der Waals surface area contributed by atoms with Crippen LogP contribution in [-0.4, -0.2) is 38.3 Å². The van der Waals surface area contributed by atoms with E-state index in [-0.39, 0.29) is 24.5 Å². The number of carbonyl (C=O) groups excluding carboxylic acids is 1. The van der Waals surface area contributed by atoms with Gasteiger partial charge in [0.15, 0.2) is 0 Å². The number of nitrogens with one attached hydrogen (secondary N) is 1. The summed E-state index contributed by atoms with van der Waals surface area (Å²) in [5, 5.41) is 2.96. The Morgan fingerprint density at radius 3 is 3.11 bits per heavy atom. The second-order valence-electron chi connectivity index (χ2n) is 4.68. The predicted molar refractivity (Wildman–Crippen MR) is 72.0 cm³/mol. The van der Waals surface area contributed by atoms with E-state index in [1.165, 1.54) is 0 Å². The Hall–Kier alpha value is -1.59. The molecule has 2 atom stereocenters. The fourth-order valence-corrected chi connectivity index (χ4v) is 2.18. The van der Waals surface area contributed by atoms with Crippen LogP contribution in [0.2, 0.25) is 0 Å². The number of hydrogen-bond donors (Lipinski definition) is 2. The molecule has 0 saturated carbocycles. The Balaban J connectivity index is 1.86. The zero-order valence-corrected chi connectivity index (χ0v) is 11.1. The lowest BCUT2D eigenvalue weighted by molar-refractivity contribution is -0.124. The molecule has 0 spiro atoms. The van der Waals surface area contributed by atoms with Crippen LogP contribution in [-0.2, 0) is 16.0 Å². The zero-order chi connectivity index (χ0) is 13.7. The van der Waals surface area contributed by atoms with Crippen LogP contribution in [0.1, 0.15) is 12.0 Å². The molecule has 3 N–H and O–H groups in total. The Labute approximate surface area is 113 Å². The highest BCUT2D eigenvalue weighted by atomic mass is 16.5. The number of para-hydroxylation sites is 1. The van der Waals surface area contributed by atoms with E-state index in [1.54, 1.807) is 7.11 Å². The van der Waals surface area contributed by atoms with Gasteiger partial charge in [-0.05, 0) is 18.1 Å². The molecule has 0 fully saturated rings. The molecule has 1 aliphatic rings. The second kappa shape index (κ2) is 6.54. The van der Waals surface area contributed by atoms with Crippen LogP contribution in [0.25, 0.3) is 0 Å². The van der Waals surface area contributed by atoms with Crippen LogP contribution < -0.4 is 15.8 Å². The first kappa shape index (κ1) is 13.8. The number of rotatable bonds is 5. The largest absolute Gasteiger partial charge is 0.491 e. The average Bonchev–Trinajstić information content (AvgIpc) is 2.44. The highest BCUT2D eigenvalue weighted by Crippen LogP contribution is 2.23. The van der Waals surface area contributed by atoms with Crippen molar-refractivity contribution in [2.45, 2.75) is 25.0 Å². The molecule has 1 heterocycles. The molecule has 1 aromatic rings. The van der Waals surface area contributed by atoms with Crippen LogP contribution in [0.5, 0.6) is 5.75 Å². The van der Waals surface area contributed by atoms with Crippen molar-refractivity contribution in [2.75, 3.05) is 20.3 Å². The number of ether oxygens (including phenoxy) is 2. The van der Waals surface area contributed by atoms with Gasteiger partial charge in [0.25, 0.3) is 0 Å². The number of methoxy groups -OCH3 is 1. The Kier molecular flexibility index (Phi) is 4.76. The Bertz CT molecular complexity index is 432. The minimum absolute atomic E-state index is 0.0117. The molecule has 1 aliphatic heterocycles. The number of carbonyl (C=O) groups is 1. The van der Waals surface area contributed by atoms with Gasteiger partial charge in [0.05, 0.1) is 18.6 Å². The second-order valence-corrected chi connectivity index (χ2v) is 4.68. The fraction of sp³-hybridized carbons (Fsp3) is 0.500. The molecule has 2 unspecified atom stereocenters. The van der Waals surface area contributed by atoms with Gasteiger partial charge in [0, 0.05) is 13.7 Å². The maximum absolute atomic E-state index is 11.8. The maximum atomic E-state index is 11.8. The van der Waals surface area contributed by atoms with E-state index in [0.29, 0.717) is 13.2 Å². The standard InChI is InChI=1S/C14H20N2O3/c1-18-12(8-15)7-14(17)16-11-6-10-4-2-3-5-13(10)19-9-11/h2-5,11-12H,6-9,15H2,1H3,(H,16,17). The minimum Gasteiger partial charge on any atom is -0.491 e. The van der Waals surface area contributed by atoms with Crippen molar-refractivity contribution in [1.82, 2.24) is 5.32 Å². The normalized spacial score (nSPS) is 19.2. The molecule has 0 saturated heterocycles. The van der Waals surface area contributed by atoms with Gasteiger partial charge in [0.1, 0.15) is 12.4 Å². The summed E-state index contributed by atoms with van der Waals surface area (Å²) in [6, 6.07) is 7.90. The van der Waals surface area contributed by atoms with E-state index in [2.05, 4.69) is 5.32 Å². The van der Waals surface area contributed by atoms with Crippen LogP contribution in [0.3, 0.4) is 0 Å². The molecule has 2 rings (SSSR count). The molecule has 5 heteroatoms. The number of fused-ring (bicyclic) bond motifs is 1. The summed E-state index contributed by atoms with van der Waals surface area (Å²) < 4.78 is 10.7. The maximum Gasteiger partial charge on any atom is 0.223 e. The predicted octanol–water partition coefficient (Wildman–Crippen LogP) is 0.470. The van der Waals surface area contributed by atoms with Crippen LogP contribution in [0.15, 0.2) is 24.3 Å². The SMILES string of the molecule is COC(CN)CC(=O)NC1COc2ccccc2C1. The first-order valence-corrected chi connectivity index (χ1v) is 6.46. The van der Waals surface area contributed by atoms with Gasteiger partial charge in [-0.3, -0.25) is 4.79 Å². The van der Waals surface area contributed by atoms with Crippen LogP contribution in [0, 0.1) is 0 Å². The fourth-order valence-electron chi connectivity index (χ4n) is 2.18.